The molecule has 0 radical (unpaired) electrons. The Bertz CT molecular complexity index is 349. The van der Waals surface area contributed by atoms with Gasteiger partial charge < -0.3 is 25.4 Å². The highest BCUT2D eigenvalue weighted by Gasteiger charge is 2.24. The number of nitrogens with one attached hydrogen (secondary N) is 3. The third kappa shape index (κ3) is 10.9. The first-order valence-corrected chi connectivity index (χ1v) is 7.04. The van der Waals surface area contributed by atoms with E-state index in [0.29, 0.717) is 25.7 Å². The molecule has 0 fully saturated rings. The fourth-order valence-corrected chi connectivity index (χ4v) is 1.42. The third-order valence-electron chi connectivity index (χ3n) is 2.36. The number of nitrogens with zero attached hydrogens (tertiary/aromatic N) is 1. The van der Waals surface area contributed by atoms with Crippen molar-refractivity contribution in [1.82, 2.24) is 16.0 Å². The van der Waals surface area contributed by atoms with Crippen molar-refractivity contribution in [3.63, 3.8) is 0 Å². The molecule has 0 aliphatic rings. The molecule has 21 heavy (non-hydrogen) atoms. The van der Waals surface area contributed by atoms with Gasteiger partial charge in [-0.25, -0.2) is 4.79 Å². The number of guanidine groups is 1. The summed E-state index contributed by atoms with van der Waals surface area (Å²) in [7, 11) is 3.34. The zero-order chi connectivity index (χ0) is 16.5. The molecule has 0 atom stereocenters. The Morgan fingerprint density at radius 2 is 1.76 bits per heavy atom. The van der Waals surface area contributed by atoms with E-state index in [4.69, 9.17) is 9.47 Å². The van der Waals surface area contributed by atoms with Crippen molar-refractivity contribution in [3.05, 3.63) is 0 Å². The summed E-state index contributed by atoms with van der Waals surface area (Å²) in [5.41, 5.74) is -0.980. The highest BCUT2D eigenvalue weighted by molar-refractivity contribution is 5.79. The van der Waals surface area contributed by atoms with Gasteiger partial charge in [-0.15, -0.1) is 0 Å². The molecule has 3 N–H and O–H groups in total. The van der Waals surface area contributed by atoms with Crippen molar-refractivity contribution in [3.8, 4) is 0 Å². The molecule has 7 nitrogen and oxygen atoms in total. The second kappa shape index (κ2) is 8.71. The average molecular weight is 302 g/mol. The quantitative estimate of drug-likeness (QED) is 0.389. The highest BCUT2D eigenvalue weighted by Crippen LogP contribution is 2.08. The number of alkyl carbamates (subject to hydrolysis) is 1. The number of carbonyl (C=O) groups is 1. The molecule has 0 aromatic carbocycles. The molecule has 0 bridgehead atoms. The molecule has 0 aliphatic heterocycles. The van der Waals surface area contributed by atoms with Gasteiger partial charge in [-0.2, -0.15) is 0 Å². The number of methoxy groups -OCH3 is 1. The van der Waals surface area contributed by atoms with Gasteiger partial charge in [0.05, 0.1) is 12.1 Å². The van der Waals surface area contributed by atoms with Crippen molar-refractivity contribution in [2.24, 2.45) is 4.99 Å². The Kier molecular flexibility index (Phi) is 8.09. The van der Waals surface area contributed by atoms with Crippen LogP contribution in [0.5, 0.6) is 0 Å². The SMILES string of the molecule is CN=C(NCCOC)NCC(C)(C)NC(=O)OC(C)(C)C. The summed E-state index contributed by atoms with van der Waals surface area (Å²) in [5.74, 6) is 0.658. The van der Waals surface area contributed by atoms with Crippen LogP contribution in [0.2, 0.25) is 0 Å². The largest absolute Gasteiger partial charge is 0.444 e. The number of amides is 1. The average Bonchev–Trinajstić information content (AvgIpc) is 2.30. The number of rotatable bonds is 6. The third-order valence-corrected chi connectivity index (χ3v) is 2.36. The second-order valence-corrected chi connectivity index (χ2v) is 6.36. The second-order valence-electron chi connectivity index (χ2n) is 6.36. The Morgan fingerprint density at radius 3 is 2.24 bits per heavy atom. The van der Waals surface area contributed by atoms with Gasteiger partial charge >= 0.3 is 6.09 Å². The first kappa shape index (κ1) is 19.5. The van der Waals surface area contributed by atoms with E-state index in [1.54, 1.807) is 14.2 Å². The van der Waals surface area contributed by atoms with Gasteiger partial charge in [0.25, 0.3) is 0 Å². The molecule has 0 rings (SSSR count). The van der Waals surface area contributed by atoms with Crippen molar-refractivity contribution < 1.29 is 14.3 Å². The fourth-order valence-electron chi connectivity index (χ4n) is 1.42. The van der Waals surface area contributed by atoms with Crippen LogP contribution < -0.4 is 16.0 Å². The molecule has 0 aromatic rings. The standard InChI is InChI=1S/C14H30N4O3/c1-13(2,3)21-12(19)18-14(4,5)10-17-11(15-6)16-8-9-20-7/h8-10H2,1-7H3,(H,18,19)(H2,15,16,17). The predicted octanol–water partition coefficient (Wildman–Crippen LogP) is 1.10. The minimum atomic E-state index is -0.509. The number of ether oxygens (including phenoxy) is 2. The van der Waals surface area contributed by atoms with Crippen molar-refractivity contribution in [2.75, 3.05) is 33.9 Å². The Balaban J connectivity index is 4.24. The lowest BCUT2D eigenvalue weighted by Gasteiger charge is -2.29. The molecule has 0 saturated heterocycles. The van der Waals surface area contributed by atoms with Crippen LogP contribution in [0, 0.1) is 0 Å². The first-order valence-electron chi connectivity index (χ1n) is 7.04. The van der Waals surface area contributed by atoms with Crippen molar-refractivity contribution >= 4 is 12.1 Å². The van der Waals surface area contributed by atoms with E-state index >= 15 is 0 Å². The molecule has 0 unspecified atom stereocenters. The van der Waals surface area contributed by atoms with Crippen LogP contribution in [0.3, 0.4) is 0 Å². The maximum absolute atomic E-state index is 11.8. The molecule has 0 heterocycles. The minimum Gasteiger partial charge on any atom is -0.444 e. The van der Waals surface area contributed by atoms with E-state index in [0.717, 1.165) is 0 Å². The van der Waals surface area contributed by atoms with Gasteiger partial charge in [0.2, 0.25) is 0 Å². The Hall–Kier alpha value is -1.50. The maximum atomic E-state index is 11.8. The molecule has 0 saturated carbocycles. The van der Waals surface area contributed by atoms with E-state index in [1.165, 1.54) is 0 Å². The smallest absolute Gasteiger partial charge is 0.408 e. The number of hydrogen-bond acceptors (Lipinski definition) is 4. The van der Waals surface area contributed by atoms with Gasteiger partial charge in [-0.05, 0) is 34.6 Å². The topological polar surface area (TPSA) is 84.0 Å². The number of carbonyl (C=O) groups excluding carboxylic acids is 1. The molecular formula is C14H30N4O3. The van der Waals surface area contributed by atoms with Gasteiger partial charge in [-0.3, -0.25) is 4.99 Å². The molecule has 7 heteroatoms. The first-order chi connectivity index (χ1) is 9.59. The lowest BCUT2D eigenvalue weighted by atomic mass is 10.1. The molecule has 0 spiro atoms. The lowest BCUT2D eigenvalue weighted by Crippen LogP contribution is -2.54. The van der Waals surface area contributed by atoms with Crippen LogP contribution >= 0.6 is 0 Å². The molecule has 0 aliphatic carbocycles. The fraction of sp³-hybridized carbons (Fsp3) is 0.857. The number of aliphatic imine (C=N–C) groups is 1. The molecule has 0 aromatic heterocycles. The van der Waals surface area contributed by atoms with Crippen molar-refractivity contribution in [1.29, 1.82) is 0 Å². The van der Waals surface area contributed by atoms with Crippen LogP contribution in [0.25, 0.3) is 0 Å². The van der Waals surface area contributed by atoms with Crippen LogP contribution in [-0.4, -0.2) is 57.0 Å². The molecule has 1 amide bonds. The monoisotopic (exact) mass is 302 g/mol. The van der Waals surface area contributed by atoms with Gasteiger partial charge in [0.1, 0.15) is 5.60 Å². The summed E-state index contributed by atoms with van der Waals surface area (Å²) in [6.45, 7) is 11.1. The Morgan fingerprint density at radius 1 is 1.14 bits per heavy atom. The van der Waals surface area contributed by atoms with Crippen LogP contribution in [0.15, 0.2) is 4.99 Å². The summed E-state index contributed by atoms with van der Waals surface area (Å²) in [6, 6.07) is 0. The summed E-state index contributed by atoms with van der Waals surface area (Å²) < 4.78 is 10.2. The summed E-state index contributed by atoms with van der Waals surface area (Å²) in [5, 5.41) is 9.08. The van der Waals surface area contributed by atoms with Crippen molar-refractivity contribution in [2.45, 2.75) is 45.8 Å². The van der Waals surface area contributed by atoms with Crippen LogP contribution in [-0.2, 0) is 9.47 Å². The normalized spacial score (nSPS) is 12.8. The van der Waals surface area contributed by atoms with Gasteiger partial charge in [0.15, 0.2) is 5.96 Å². The van der Waals surface area contributed by atoms with E-state index in [-0.39, 0.29) is 0 Å². The van der Waals surface area contributed by atoms with Crippen LogP contribution in [0.1, 0.15) is 34.6 Å². The summed E-state index contributed by atoms with van der Waals surface area (Å²) in [6.07, 6.45) is -0.434. The van der Waals surface area contributed by atoms with E-state index in [9.17, 15) is 4.79 Å². The van der Waals surface area contributed by atoms with Gasteiger partial charge in [-0.1, -0.05) is 0 Å². The lowest BCUT2D eigenvalue weighted by molar-refractivity contribution is 0.0474. The zero-order valence-corrected chi connectivity index (χ0v) is 14.3. The number of hydrogen-bond donors (Lipinski definition) is 3. The molecule has 124 valence electrons. The van der Waals surface area contributed by atoms with E-state index in [1.807, 2.05) is 34.6 Å². The Labute approximate surface area is 127 Å². The van der Waals surface area contributed by atoms with E-state index in [2.05, 4.69) is 20.9 Å². The zero-order valence-electron chi connectivity index (χ0n) is 14.3. The summed E-state index contributed by atoms with van der Waals surface area (Å²) >= 11 is 0. The van der Waals surface area contributed by atoms with E-state index < -0.39 is 17.2 Å². The van der Waals surface area contributed by atoms with Gasteiger partial charge in [0, 0.05) is 27.2 Å². The highest BCUT2D eigenvalue weighted by atomic mass is 16.6. The molecular weight excluding hydrogens is 272 g/mol. The maximum Gasteiger partial charge on any atom is 0.408 e. The minimum absolute atomic E-state index is 0.434. The predicted molar refractivity (Wildman–Crippen MR) is 84.7 cm³/mol. The van der Waals surface area contributed by atoms with Crippen LogP contribution in [0.4, 0.5) is 4.79 Å². The summed E-state index contributed by atoms with van der Waals surface area (Å²) in [4.78, 5) is 15.9.